The predicted octanol–water partition coefficient (Wildman–Crippen LogP) is 1.82. The molecule has 1 aromatic heterocycles. The van der Waals surface area contributed by atoms with Crippen LogP contribution in [0.15, 0.2) is 4.99 Å². The van der Waals surface area contributed by atoms with Crippen molar-refractivity contribution < 1.29 is 4.74 Å². The fourth-order valence-electron chi connectivity index (χ4n) is 1.35. The number of halogens is 1. The topological polar surface area (TPSA) is 72.5 Å². The Kier molecular flexibility index (Phi) is 8.45. The van der Waals surface area contributed by atoms with Crippen molar-refractivity contribution in [2.45, 2.75) is 33.4 Å². The minimum Gasteiger partial charge on any atom is -0.383 e. The lowest BCUT2D eigenvalue weighted by Gasteiger charge is -2.12. The van der Waals surface area contributed by atoms with Gasteiger partial charge in [-0.1, -0.05) is 0 Å². The normalized spacial score (nSPS) is 13.0. The van der Waals surface area contributed by atoms with E-state index in [0.29, 0.717) is 19.1 Å². The van der Waals surface area contributed by atoms with Gasteiger partial charge in [0.1, 0.15) is 5.01 Å². The molecule has 1 rings (SSSR count). The quantitative estimate of drug-likeness (QED) is 0.462. The van der Waals surface area contributed by atoms with E-state index in [-0.39, 0.29) is 30.0 Å². The van der Waals surface area contributed by atoms with Gasteiger partial charge in [0, 0.05) is 18.0 Å². The smallest absolute Gasteiger partial charge is 0.189 e. The maximum Gasteiger partial charge on any atom is 0.189 e. The number of aliphatic imine (C=N–C) groups is 1. The molecular weight excluding hydrogens is 363 g/mol. The van der Waals surface area contributed by atoms with Crippen LogP contribution in [0.2, 0.25) is 0 Å². The predicted molar refractivity (Wildman–Crippen MR) is 86.8 cm³/mol. The van der Waals surface area contributed by atoms with E-state index in [0.717, 1.165) is 10.7 Å². The van der Waals surface area contributed by atoms with Gasteiger partial charge in [-0.25, -0.2) is 9.98 Å². The summed E-state index contributed by atoms with van der Waals surface area (Å²) in [5.74, 6) is 0.431. The van der Waals surface area contributed by atoms with Crippen molar-refractivity contribution >= 4 is 41.3 Å². The average Bonchev–Trinajstić information content (AvgIpc) is 2.56. The van der Waals surface area contributed by atoms with Gasteiger partial charge in [-0.05, 0) is 20.8 Å². The molecule has 0 saturated carbocycles. The maximum atomic E-state index is 5.76. The van der Waals surface area contributed by atoms with Gasteiger partial charge in [0.2, 0.25) is 0 Å². The molecule has 1 atom stereocenters. The summed E-state index contributed by atoms with van der Waals surface area (Å²) < 4.78 is 5.00. The van der Waals surface area contributed by atoms with Crippen LogP contribution in [-0.2, 0) is 11.3 Å². The van der Waals surface area contributed by atoms with Crippen LogP contribution in [0, 0.1) is 13.8 Å². The summed E-state index contributed by atoms with van der Waals surface area (Å²) in [5, 5.41) is 4.04. The summed E-state index contributed by atoms with van der Waals surface area (Å²) in [6, 6.07) is 0.156. The molecule has 3 N–H and O–H groups in total. The summed E-state index contributed by atoms with van der Waals surface area (Å²) in [7, 11) is 1.66. The molecule has 0 saturated heterocycles. The van der Waals surface area contributed by atoms with Crippen molar-refractivity contribution in [3.05, 3.63) is 15.6 Å². The summed E-state index contributed by atoms with van der Waals surface area (Å²) in [5.41, 5.74) is 6.83. The zero-order valence-corrected chi connectivity index (χ0v) is 14.3. The van der Waals surface area contributed by atoms with E-state index in [9.17, 15) is 0 Å². The van der Waals surface area contributed by atoms with E-state index in [1.54, 1.807) is 18.4 Å². The first-order chi connectivity index (χ1) is 8.02. The highest BCUT2D eigenvalue weighted by Gasteiger charge is 2.04. The Morgan fingerprint density at radius 3 is 2.72 bits per heavy atom. The number of hydrogen-bond acceptors (Lipinski definition) is 4. The number of nitrogens with zero attached hydrogens (tertiary/aromatic N) is 2. The fourth-order valence-corrected chi connectivity index (χ4v) is 2.21. The van der Waals surface area contributed by atoms with Crippen LogP contribution in [-0.4, -0.2) is 30.7 Å². The summed E-state index contributed by atoms with van der Waals surface area (Å²) in [6.45, 7) is 7.18. The molecule has 0 bridgehead atoms. The Balaban J connectivity index is 0.00000289. The third-order valence-electron chi connectivity index (χ3n) is 2.27. The van der Waals surface area contributed by atoms with Crippen LogP contribution >= 0.6 is 35.3 Å². The zero-order chi connectivity index (χ0) is 12.8. The molecule has 0 fully saturated rings. The number of guanidine groups is 1. The van der Waals surface area contributed by atoms with Gasteiger partial charge in [0.15, 0.2) is 5.96 Å². The van der Waals surface area contributed by atoms with Crippen molar-refractivity contribution in [1.82, 2.24) is 10.3 Å². The number of aromatic nitrogens is 1. The number of thiazole rings is 1. The number of rotatable bonds is 5. The Hall–Kier alpha value is -0.410. The summed E-state index contributed by atoms with van der Waals surface area (Å²) >= 11 is 1.66. The van der Waals surface area contributed by atoms with Crippen LogP contribution in [0.1, 0.15) is 22.5 Å². The highest BCUT2D eigenvalue weighted by Crippen LogP contribution is 2.16. The standard InChI is InChI=1S/C11H20N4OS.HI/c1-7(6-16-4)14-11(12)13-5-10-15-8(2)9(3)17-10;/h7H,5-6H2,1-4H3,(H3,12,13,14);1H. The van der Waals surface area contributed by atoms with Crippen LogP contribution in [0.5, 0.6) is 0 Å². The number of aryl methyl sites for hydroxylation is 2. The van der Waals surface area contributed by atoms with Crippen molar-refractivity contribution in [3.63, 3.8) is 0 Å². The molecule has 0 spiro atoms. The second kappa shape index (κ2) is 8.65. The first-order valence-electron chi connectivity index (χ1n) is 5.51. The maximum absolute atomic E-state index is 5.76. The molecule has 104 valence electrons. The van der Waals surface area contributed by atoms with E-state index in [2.05, 4.69) is 22.2 Å². The van der Waals surface area contributed by atoms with Crippen LogP contribution < -0.4 is 11.1 Å². The molecule has 1 aromatic rings. The molecule has 1 heterocycles. The largest absolute Gasteiger partial charge is 0.383 e. The van der Waals surface area contributed by atoms with Crippen molar-refractivity contribution in [3.8, 4) is 0 Å². The number of methoxy groups -OCH3 is 1. The van der Waals surface area contributed by atoms with E-state index in [4.69, 9.17) is 10.5 Å². The Bertz CT molecular complexity index is 375. The SMILES string of the molecule is COCC(C)NC(N)=NCc1nc(C)c(C)s1.I. The number of nitrogens with one attached hydrogen (secondary N) is 1. The van der Waals surface area contributed by atoms with E-state index in [1.807, 2.05) is 13.8 Å². The molecule has 0 radical (unpaired) electrons. The van der Waals surface area contributed by atoms with Gasteiger partial charge in [0.05, 0.1) is 18.8 Å². The highest BCUT2D eigenvalue weighted by atomic mass is 127. The Morgan fingerprint density at radius 1 is 1.56 bits per heavy atom. The Morgan fingerprint density at radius 2 is 2.22 bits per heavy atom. The molecule has 0 aliphatic heterocycles. The van der Waals surface area contributed by atoms with Crippen LogP contribution in [0.25, 0.3) is 0 Å². The van der Waals surface area contributed by atoms with Gasteiger partial charge in [0.25, 0.3) is 0 Å². The molecule has 1 unspecified atom stereocenters. The number of ether oxygens (including phenoxy) is 1. The lowest BCUT2D eigenvalue weighted by molar-refractivity contribution is 0.179. The minimum absolute atomic E-state index is 0. The van der Waals surface area contributed by atoms with Crippen molar-refractivity contribution in [2.75, 3.05) is 13.7 Å². The van der Waals surface area contributed by atoms with E-state index >= 15 is 0 Å². The van der Waals surface area contributed by atoms with E-state index < -0.39 is 0 Å². The van der Waals surface area contributed by atoms with Crippen LogP contribution in [0.4, 0.5) is 0 Å². The van der Waals surface area contributed by atoms with Gasteiger partial charge in [-0.2, -0.15) is 0 Å². The molecule has 0 aliphatic rings. The van der Waals surface area contributed by atoms with Gasteiger partial charge in [-0.3, -0.25) is 0 Å². The number of nitrogens with two attached hydrogens (primary N) is 1. The summed E-state index contributed by atoms with van der Waals surface area (Å²) in [4.78, 5) is 9.88. The average molecular weight is 384 g/mol. The molecule has 0 aliphatic carbocycles. The second-order valence-electron chi connectivity index (χ2n) is 3.95. The summed E-state index contributed by atoms with van der Waals surface area (Å²) in [6.07, 6.45) is 0. The van der Waals surface area contributed by atoms with Crippen molar-refractivity contribution in [1.29, 1.82) is 0 Å². The van der Waals surface area contributed by atoms with Crippen LogP contribution in [0.3, 0.4) is 0 Å². The zero-order valence-electron chi connectivity index (χ0n) is 11.2. The van der Waals surface area contributed by atoms with Gasteiger partial charge >= 0.3 is 0 Å². The molecule has 7 heteroatoms. The second-order valence-corrected chi connectivity index (χ2v) is 5.24. The van der Waals surface area contributed by atoms with Crippen molar-refractivity contribution in [2.24, 2.45) is 10.7 Å². The highest BCUT2D eigenvalue weighted by molar-refractivity contribution is 14.0. The molecule has 5 nitrogen and oxygen atoms in total. The third-order valence-corrected chi connectivity index (χ3v) is 3.33. The lowest BCUT2D eigenvalue weighted by Crippen LogP contribution is -2.40. The molecular formula is C11H21IN4OS. The first kappa shape index (κ1) is 17.6. The number of hydrogen-bond donors (Lipinski definition) is 2. The molecule has 18 heavy (non-hydrogen) atoms. The molecule has 0 aromatic carbocycles. The minimum atomic E-state index is 0. The first-order valence-corrected chi connectivity index (χ1v) is 6.33. The van der Waals surface area contributed by atoms with Gasteiger partial charge < -0.3 is 15.8 Å². The van der Waals surface area contributed by atoms with E-state index in [1.165, 1.54) is 4.88 Å². The monoisotopic (exact) mass is 384 g/mol. The lowest BCUT2D eigenvalue weighted by atomic mass is 10.4. The molecule has 0 amide bonds. The third kappa shape index (κ3) is 5.96. The van der Waals surface area contributed by atoms with Gasteiger partial charge in [-0.15, -0.1) is 35.3 Å². The Labute approximate surface area is 129 Å². The fraction of sp³-hybridized carbons (Fsp3) is 0.636.